The zero-order valence-electron chi connectivity index (χ0n) is 11.9. The van der Waals surface area contributed by atoms with Crippen LogP contribution in [0, 0.1) is 5.41 Å². The van der Waals surface area contributed by atoms with E-state index in [0.29, 0.717) is 6.04 Å². The number of nitrogens with zero attached hydrogens (tertiary/aromatic N) is 2. The summed E-state index contributed by atoms with van der Waals surface area (Å²) in [5.41, 5.74) is 7.50. The van der Waals surface area contributed by atoms with Gasteiger partial charge in [0.2, 0.25) is 0 Å². The molecule has 3 N–H and O–H groups in total. The molecule has 4 nitrogen and oxygen atoms in total. The predicted molar refractivity (Wildman–Crippen MR) is 81.0 cm³/mol. The third-order valence-electron chi connectivity index (χ3n) is 4.07. The van der Waals surface area contributed by atoms with Gasteiger partial charge in [0.15, 0.2) is 0 Å². The van der Waals surface area contributed by atoms with Crippen LogP contribution < -0.4 is 10.6 Å². The SMILES string of the molecule is CCC(C)N1CCN(c2ccc(C(=N)N)cc2)CC1. The van der Waals surface area contributed by atoms with Crippen molar-refractivity contribution in [3.8, 4) is 0 Å². The van der Waals surface area contributed by atoms with Crippen LogP contribution in [-0.4, -0.2) is 43.0 Å². The molecule has 1 fully saturated rings. The second-order valence-corrected chi connectivity index (χ2v) is 5.24. The Bertz CT molecular complexity index is 418. The van der Waals surface area contributed by atoms with E-state index < -0.39 is 0 Å². The van der Waals surface area contributed by atoms with E-state index in [9.17, 15) is 0 Å². The number of nitrogens with two attached hydrogens (primary N) is 1. The van der Waals surface area contributed by atoms with Crippen LogP contribution in [0.3, 0.4) is 0 Å². The second-order valence-electron chi connectivity index (χ2n) is 5.24. The third kappa shape index (κ3) is 3.26. The Morgan fingerprint density at radius 3 is 2.26 bits per heavy atom. The van der Waals surface area contributed by atoms with Gasteiger partial charge in [-0.05, 0) is 37.6 Å². The van der Waals surface area contributed by atoms with E-state index in [4.69, 9.17) is 11.1 Å². The van der Waals surface area contributed by atoms with Gasteiger partial charge in [0, 0.05) is 43.5 Å². The van der Waals surface area contributed by atoms with E-state index in [0.717, 1.165) is 31.7 Å². The molecule has 0 amide bonds. The molecule has 4 heteroatoms. The minimum Gasteiger partial charge on any atom is -0.384 e. The molecular weight excluding hydrogens is 236 g/mol. The van der Waals surface area contributed by atoms with Crippen LogP contribution >= 0.6 is 0 Å². The molecule has 0 spiro atoms. The van der Waals surface area contributed by atoms with E-state index in [-0.39, 0.29) is 5.84 Å². The van der Waals surface area contributed by atoms with E-state index in [1.54, 1.807) is 0 Å². The van der Waals surface area contributed by atoms with Gasteiger partial charge in [-0.25, -0.2) is 0 Å². The first-order chi connectivity index (χ1) is 9.11. The molecule has 0 aromatic heterocycles. The molecule has 1 aliphatic rings. The zero-order chi connectivity index (χ0) is 13.8. The summed E-state index contributed by atoms with van der Waals surface area (Å²) < 4.78 is 0. The highest BCUT2D eigenvalue weighted by atomic mass is 15.3. The largest absolute Gasteiger partial charge is 0.384 e. The fourth-order valence-electron chi connectivity index (χ4n) is 2.53. The number of hydrogen-bond acceptors (Lipinski definition) is 3. The van der Waals surface area contributed by atoms with Gasteiger partial charge in [0.25, 0.3) is 0 Å². The van der Waals surface area contributed by atoms with Crippen molar-refractivity contribution in [3.05, 3.63) is 29.8 Å². The maximum atomic E-state index is 7.40. The first-order valence-corrected chi connectivity index (χ1v) is 7.05. The first-order valence-electron chi connectivity index (χ1n) is 7.05. The molecule has 1 aromatic carbocycles. The molecule has 0 radical (unpaired) electrons. The van der Waals surface area contributed by atoms with E-state index in [1.807, 2.05) is 12.1 Å². The van der Waals surface area contributed by atoms with Crippen LogP contribution in [0.2, 0.25) is 0 Å². The molecule has 19 heavy (non-hydrogen) atoms. The topological polar surface area (TPSA) is 56.4 Å². The highest BCUT2D eigenvalue weighted by Gasteiger charge is 2.20. The van der Waals surface area contributed by atoms with Crippen LogP contribution in [0.5, 0.6) is 0 Å². The van der Waals surface area contributed by atoms with Crippen molar-refractivity contribution in [2.45, 2.75) is 26.3 Å². The minimum atomic E-state index is 0.133. The minimum absolute atomic E-state index is 0.133. The number of hydrogen-bond donors (Lipinski definition) is 2. The van der Waals surface area contributed by atoms with E-state index in [1.165, 1.54) is 12.1 Å². The normalized spacial score (nSPS) is 18.3. The number of rotatable bonds is 4. The molecule has 1 saturated heterocycles. The summed E-state index contributed by atoms with van der Waals surface area (Å²) in [6.07, 6.45) is 1.22. The smallest absolute Gasteiger partial charge is 0.122 e. The standard InChI is InChI=1S/C15H24N4/c1-3-12(2)18-8-10-19(11-9-18)14-6-4-13(5-7-14)15(16)17/h4-7,12H,3,8-11H2,1-2H3,(H3,16,17). The fourth-order valence-corrected chi connectivity index (χ4v) is 2.53. The Labute approximate surface area is 115 Å². The molecule has 1 heterocycles. The average Bonchev–Trinajstić information content (AvgIpc) is 2.46. The summed E-state index contributed by atoms with van der Waals surface area (Å²) in [6, 6.07) is 8.67. The highest BCUT2D eigenvalue weighted by Crippen LogP contribution is 2.18. The summed E-state index contributed by atoms with van der Waals surface area (Å²) in [4.78, 5) is 4.96. The molecule has 1 aliphatic heterocycles. The highest BCUT2D eigenvalue weighted by molar-refractivity contribution is 5.95. The molecule has 2 rings (SSSR count). The summed E-state index contributed by atoms with van der Waals surface area (Å²) >= 11 is 0. The molecule has 1 aromatic rings. The van der Waals surface area contributed by atoms with Crippen molar-refractivity contribution in [2.24, 2.45) is 5.73 Å². The van der Waals surface area contributed by atoms with Crippen LogP contribution in [0.15, 0.2) is 24.3 Å². The van der Waals surface area contributed by atoms with Gasteiger partial charge < -0.3 is 10.6 Å². The molecule has 1 unspecified atom stereocenters. The number of piperazine rings is 1. The quantitative estimate of drug-likeness (QED) is 0.642. The number of nitrogens with one attached hydrogen (secondary N) is 1. The van der Waals surface area contributed by atoms with Crippen molar-refractivity contribution >= 4 is 11.5 Å². The number of benzene rings is 1. The summed E-state index contributed by atoms with van der Waals surface area (Å²) in [5.74, 6) is 0.133. The maximum absolute atomic E-state index is 7.40. The zero-order valence-corrected chi connectivity index (χ0v) is 11.9. The van der Waals surface area contributed by atoms with Crippen LogP contribution in [0.1, 0.15) is 25.8 Å². The summed E-state index contributed by atoms with van der Waals surface area (Å²) in [6.45, 7) is 8.95. The number of nitrogen functional groups attached to an aromatic ring is 1. The van der Waals surface area contributed by atoms with Crippen molar-refractivity contribution in [1.82, 2.24) is 4.90 Å². The first kappa shape index (κ1) is 13.9. The van der Waals surface area contributed by atoms with Gasteiger partial charge in [-0.1, -0.05) is 6.92 Å². The van der Waals surface area contributed by atoms with Crippen LogP contribution in [0.4, 0.5) is 5.69 Å². The Balaban J connectivity index is 1.96. The van der Waals surface area contributed by atoms with Crippen molar-refractivity contribution in [3.63, 3.8) is 0 Å². The molecule has 0 bridgehead atoms. The molecule has 0 aliphatic carbocycles. The molecule has 104 valence electrons. The van der Waals surface area contributed by atoms with Gasteiger partial charge in [0.05, 0.1) is 0 Å². The third-order valence-corrected chi connectivity index (χ3v) is 4.07. The lowest BCUT2D eigenvalue weighted by Gasteiger charge is -2.39. The summed E-state index contributed by atoms with van der Waals surface area (Å²) in [7, 11) is 0. The Hall–Kier alpha value is -1.55. The number of anilines is 1. The maximum Gasteiger partial charge on any atom is 0.122 e. The Morgan fingerprint density at radius 2 is 1.79 bits per heavy atom. The lowest BCUT2D eigenvalue weighted by Crippen LogP contribution is -2.49. The van der Waals surface area contributed by atoms with Gasteiger partial charge in [-0.3, -0.25) is 10.3 Å². The molecule has 0 saturated carbocycles. The molecular formula is C15H24N4. The lowest BCUT2D eigenvalue weighted by molar-refractivity contribution is 0.193. The number of amidine groups is 1. The predicted octanol–water partition coefficient (Wildman–Crippen LogP) is 1.89. The Morgan fingerprint density at radius 1 is 1.21 bits per heavy atom. The van der Waals surface area contributed by atoms with Gasteiger partial charge in [0.1, 0.15) is 5.84 Å². The monoisotopic (exact) mass is 260 g/mol. The van der Waals surface area contributed by atoms with Crippen LogP contribution in [0.25, 0.3) is 0 Å². The van der Waals surface area contributed by atoms with E-state index >= 15 is 0 Å². The average molecular weight is 260 g/mol. The van der Waals surface area contributed by atoms with Crippen molar-refractivity contribution < 1.29 is 0 Å². The van der Waals surface area contributed by atoms with Crippen LogP contribution in [-0.2, 0) is 0 Å². The second kappa shape index (κ2) is 6.06. The molecule has 1 atom stereocenters. The van der Waals surface area contributed by atoms with E-state index in [2.05, 4.69) is 35.8 Å². The van der Waals surface area contributed by atoms with Crippen molar-refractivity contribution in [2.75, 3.05) is 31.1 Å². The fraction of sp³-hybridized carbons (Fsp3) is 0.533. The Kier molecular flexibility index (Phi) is 4.43. The van der Waals surface area contributed by atoms with Gasteiger partial charge >= 0.3 is 0 Å². The van der Waals surface area contributed by atoms with Crippen molar-refractivity contribution in [1.29, 1.82) is 5.41 Å². The lowest BCUT2D eigenvalue weighted by atomic mass is 10.1. The van der Waals surface area contributed by atoms with Gasteiger partial charge in [-0.2, -0.15) is 0 Å². The van der Waals surface area contributed by atoms with Gasteiger partial charge in [-0.15, -0.1) is 0 Å². The summed E-state index contributed by atoms with van der Waals surface area (Å²) in [5, 5.41) is 7.40.